The highest BCUT2D eigenvalue weighted by molar-refractivity contribution is 5.89. The van der Waals surface area contributed by atoms with Gasteiger partial charge in [0.1, 0.15) is 24.7 Å². The van der Waals surface area contributed by atoms with Crippen LogP contribution in [-0.4, -0.2) is 34.8 Å². The molecule has 6 heteroatoms. The van der Waals surface area contributed by atoms with Crippen LogP contribution < -0.4 is 0 Å². The van der Waals surface area contributed by atoms with Gasteiger partial charge in [-0.15, -0.1) is 0 Å². The van der Waals surface area contributed by atoms with Crippen LogP contribution in [0.5, 0.6) is 0 Å². The van der Waals surface area contributed by atoms with Crippen molar-refractivity contribution in [3.63, 3.8) is 0 Å². The van der Waals surface area contributed by atoms with Crippen LogP contribution >= 0.6 is 0 Å². The molecule has 3 atom stereocenters. The van der Waals surface area contributed by atoms with Crippen LogP contribution in [0.2, 0.25) is 0 Å². The highest BCUT2D eigenvalue weighted by atomic mass is 16.5. The van der Waals surface area contributed by atoms with Gasteiger partial charge in [0.05, 0.1) is 17.8 Å². The molecule has 4 rings (SSSR count). The quantitative estimate of drug-likeness (QED) is 0.316. The molecule has 0 spiro atoms. The summed E-state index contributed by atoms with van der Waals surface area (Å²) in [5.74, 6) is 0.955. The van der Waals surface area contributed by atoms with Crippen molar-refractivity contribution in [3.8, 4) is 0 Å². The minimum atomic E-state index is -0.338. The Kier molecular flexibility index (Phi) is 5.81. The molecule has 0 N–H and O–H groups in total. The minimum absolute atomic E-state index is 0.000407. The van der Waals surface area contributed by atoms with E-state index >= 15 is 0 Å². The van der Waals surface area contributed by atoms with E-state index in [1.165, 1.54) is 5.56 Å². The SMILES string of the molecule is O=CCCc1cnc([C@@H]2[C@H](COC(=O)c3ccccc3)N2Cc2ccccc2)o1. The van der Waals surface area contributed by atoms with E-state index in [1.807, 2.05) is 36.4 Å². The summed E-state index contributed by atoms with van der Waals surface area (Å²) in [7, 11) is 0. The first kappa shape index (κ1) is 19.1. The van der Waals surface area contributed by atoms with E-state index in [2.05, 4.69) is 22.0 Å². The lowest BCUT2D eigenvalue weighted by molar-refractivity contribution is -0.107. The number of esters is 1. The Morgan fingerprint density at radius 2 is 1.83 bits per heavy atom. The first-order valence-electron chi connectivity index (χ1n) is 9.66. The summed E-state index contributed by atoms with van der Waals surface area (Å²) in [5, 5.41) is 0. The first-order chi connectivity index (χ1) is 14.3. The molecular weight excluding hydrogens is 368 g/mol. The third kappa shape index (κ3) is 4.60. The fourth-order valence-electron chi connectivity index (χ4n) is 3.43. The molecular formula is C23H22N2O4. The van der Waals surface area contributed by atoms with E-state index in [1.54, 1.807) is 18.3 Å². The Balaban J connectivity index is 1.44. The average Bonchev–Trinajstić information content (AvgIpc) is 3.23. The number of hydrogen-bond donors (Lipinski definition) is 0. The van der Waals surface area contributed by atoms with Gasteiger partial charge in [-0.05, 0) is 17.7 Å². The van der Waals surface area contributed by atoms with Crippen LogP contribution in [0.15, 0.2) is 71.3 Å². The summed E-state index contributed by atoms with van der Waals surface area (Å²) >= 11 is 0. The number of carbonyl (C=O) groups excluding carboxylic acids is 2. The summed E-state index contributed by atoms with van der Waals surface area (Å²) < 4.78 is 11.4. The molecule has 1 saturated heterocycles. The maximum atomic E-state index is 12.3. The zero-order chi connectivity index (χ0) is 20.1. The molecule has 2 heterocycles. The van der Waals surface area contributed by atoms with Crippen LogP contribution in [0.3, 0.4) is 0 Å². The monoisotopic (exact) mass is 390 g/mol. The molecule has 1 aliphatic rings. The van der Waals surface area contributed by atoms with Crippen molar-refractivity contribution < 1.29 is 18.7 Å². The van der Waals surface area contributed by atoms with Crippen LogP contribution in [-0.2, 0) is 22.5 Å². The smallest absolute Gasteiger partial charge is 0.338 e. The number of rotatable bonds is 9. The lowest BCUT2D eigenvalue weighted by Crippen LogP contribution is -2.13. The molecule has 1 fully saturated rings. The number of benzene rings is 2. The third-order valence-electron chi connectivity index (χ3n) is 4.99. The molecule has 0 radical (unpaired) electrons. The van der Waals surface area contributed by atoms with Gasteiger partial charge in [0, 0.05) is 19.4 Å². The van der Waals surface area contributed by atoms with Crippen LogP contribution in [0.1, 0.15) is 40.0 Å². The molecule has 29 heavy (non-hydrogen) atoms. The van der Waals surface area contributed by atoms with Gasteiger partial charge in [-0.1, -0.05) is 48.5 Å². The fraction of sp³-hybridized carbons (Fsp3) is 0.261. The Labute approximate surface area is 169 Å². The van der Waals surface area contributed by atoms with Gasteiger partial charge < -0.3 is 13.9 Å². The van der Waals surface area contributed by atoms with Gasteiger partial charge in [0.15, 0.2) is 0 Å². The van der Waals surface area contributed by atoms with E-state index in [0.29, 0.717) is 36.6 Å². The predicted octanol–water partition coefficient (Wildman–Crippen LogP) is 3.59. The van der Waals surface area contributed by atoms with Gasteiger partial charge in [-0.2, -0.15) is 0 Å². The van der Waals surface area contributed by atoms with Crippen molar-refractivity contribution in [2.45, 2.75) is 31.5 Å². The number of oxazole rings is 1. The lowest BCUT2D eigenvalue weighted by Gasteiger charge is -2.05. The van der Waals surface area contributed by atoms with E-state index in [0.717, 1.165) is 6.29 Å². The maximum Gasteiger partial charge on any atom is 0.338 e. The molecule has 2 aromatic carbocycles. The number of nitrogens with zero attached hydrogens (tertiary/aromatic N) is 2. The van der Waals surface area contributed by atoms with Crippen LogP contribution in [0, 0.1) is 0 Å². The normalized spacial score (nSPS) is 20.2. The van der Waals surface area contributed by atoms with Crippen LogP contribution in [0.4, 0.5) is 0 Å². The summed E-state index contributed by atoms with van der Waals surface area (Å²) in [4.78, 5) is 29.5. The Hall–Kier alpha value is -3.25. The molecule has 1 aliphatic heterocycles. The number of aryl methyl sites for hydroxylation is 1. The second-order valence-electron chi connectivity index (χ2n) is 7.00. The van der Waals surface area contributed by atoms with Crippen molar-refractivity contribution in [2.24, 2.45) is 0 Å². The zero-order valence-corrected chi connectivity index (χ0v) is 15.9. The molecule has 0 bridgehead atoms. The van der Waals surface area contributed by atoms with E-state index in [4.69, 9.17) is 9.15 Å². The number of aldehydes is 1. The fourth-order valence-corrected chi connectivity index (χ4v) is 3.43. The Bertz CT molecular complexity index is 955. The summed E-state index contributed by atoms with van der Waals surface area (Å²) in [6.07, 6.45) is 3.48. The maximum absolute atomic E-state index is 12.3. The second-order valence-corrected chi connectivity index (χ2v) is 7.00. The topological polar surface area (TPSA) is 72.4 Å². The summed E-state index contributed by atoms with van der Waals surface area (Å²) in [6, 6.07) is 19.0. The molecule has 1 unspecified atom stereocenters. The standard InChI is InChI=1S/C23H22N2O4/c26-13-7-12-19-14-24-22(29-19)21-20(25(21)15-17-8-3-1-4-9-17)16-28-23(27)18-10-5-2-6-11-18/h1-6,8-11,13-14,20-21H,7,12,15-16H2/t20-,21-,25?/m0/s1. The van der Waals surface area contributed by atoms with Crippen molar-refractivity contribution >= 4 is 12.3 Å². The van der Waals surface area contributed by atoms with Gasteiger partial charge in [-0.3, -0.25) is 4.90 Å². The number of ether oxygens (including phenoxy) is 1. The Morgan fingerprint density at radius 1 is 1.10 bits per heavy atom. The number of hydrogen-bond acceptors (Lipinski definition) is 6. The molecule has 0 amide bonds. The molecule has 6 nitrogen and oxygen atoms in total. The van der Waals surface area contributed by atoms with Gasteiger partial charge in [0.2, 0.25) is 5.89 Å². The van der Waals surface area contributed by atoms with E-state index in [9.17, 15) is 9.59 Å². The van der Waals surface area contributed by atoms with Crippen LogP contribution in [0.25, 0.3) is 0 Å². The molecule has 148 valence electrons. The first-order valence-corrected chi connectivity index (χ1v) is 9.66. The summed E-state index contributed by atoms with van der Waals surface area (Å²) in [5.41, 5.74) is 1.70. The number of carbonyl (C=O) groups is 2. The van der Waals surface area contributed by atoms with Crippen molar-refractivity contribution in [1.29, 1.82) is 0 Å². The van der Waals surface area contributed by atoms with Gasteiger partial charge in [0.25, 0.3) is 0 Å². The van der Waals surface area contributed by atoms with E-state index < -0.39 is 0 Å². The van der Waals surface area contributed by atoms with Gasteiger partial charge in [-0.25, -0.2) is 9.78 Å². The minimum Gasteiger partial charge on any atom is -0.460 e. The molecule has 3 aromatic rings. The summed E-state index contributed by atoms with van der Waals surface area (Å²) in [6.45, 7) is 0.975. The number of aromatic nitrogens is 1. The largest absolute Gasteiger partial charge is 0.460 e. The van der Waals surface area contributed by atoms with Crippen molar-refractivity contribution in [1.82, 2.24) is 9.88 Å². The Morgan fingerprint density at radius 3 is 2.55 bits per heavy atom. The predicted molar refractivity (Wildman–Crippen MR) is 106 cm³/mol. The van der Waals surface area contributed by atoms with E-state index in [-0.39, 0.29) is 24.7 Å². The third-order valence-corrected chi connectivity index (χ3v) is 4.99. The molecule has 1 aromatic heterocycles. The van der Waals surface area contributed by atoms with Gasteiger partial charge >= 0.3 is 5.97 Å². The second kappa shape index (κ2) is 8.84. The highest BCUT2D eigenvalue weighted by Crippen LogP contribution is 2.44. The molecule has 0 aliphatic carbocycles. The zero-order valence-electron chi connectivity index (χ0n) is 15.9. The van der Waals surface area contributed by atoms with Crippen molar-refractivity contribution in [2.75, 3.05) is 6.61 Å². The van der Waals surface area contributed by atoms with Crippen molar-refractivity contribution in [3.05, 3.63) is 89.6 Å². The molecule has 0 saturated carbocycles. The average molecular weight is 390 g/mol. The lowest BCUT2D eigenvalue weighted by atomic mass is 10.2. The highest BCUT2D eigenvalue weighted by Gasteiger charge is 2.52.